The molecule has 0 fully saturated rings. The fraction of sp³-hybridized carbons (Fsp3) is 0.500. The van der Waals surface area contributed by atoms with Gasteiger partial charge >= 0.3 is 6.03 Å². The first kappa shape index (κ1) is 14.2. The lowest BCUT2D eigenvalue weighted by molar-refractivity contribution is 0.195. The molecule has 0 aliphatic carbocycles. The molecule has 1 aromatic heterocycles. The predicted molar refractivity (Wildman–Crippen MR) is 70.4 cm³/mol. The average Bonchev–Trinajstić information content (AvgIpc) is 2.77. The number of hydrogen-bond acceptors (Lipinski definition) is 3. The van der Waals surface area contributed by atoms with Crippen molar-refractivity contribution < 1.29 is 9.90 Å². The van der Waals surface area contributed by atoms with Crippen LogP contribution < -0.4 is 5.32 Å². The Morgan fingerprint density at radius 1 is 1.72 bits per heavy atom. The number of carbonyl (C=O) groups is 1. The van der Waals surface area contributed by atoms with E-state index in [1.807, 2.05) is 0 Å². The number of aliphatic hydroxyl groups excluding tert-OH is 1. The Morgan fingerprint density at radius 2 is 2.50 bits per heavy atom. The fourth-order valence-corrected chi connectivity index (χ4v) is 1.53. The number of amides is 2. The topological polar surface area (TPSA) is 70.4 Å². The van der Waals surface area contributed by atoms with Gasteiger partial charge in [-0.1, -0.05) is 13.0 Å². The Bertz CT molecular complexity index is 389. The molecule has 0 unspecified atom stereocenters. The summed E-state index contributed by atoms with van der Waals surface area (Å²) in [7, 11) is 0. The lowest BCUT2D eigenvalue weighted by Gasteiger charge is -2.19. The van der Waals surface area contributed by atoms with Gasteiger partial charge in [-0.25, -0.2) is 4.79 Å². The minimum absolute atomic E-state index is 0.0731. The molecule has 18 heavy (non-hydrogen) atoms. The highest BCUT2D eigenvalue weighted by Gasteiger charge is 2.12. The summed E-state index contributed by atoms with van der Waals surface area (Å²) in [5.74, 6) is 0. The first-order chi connectivity index (χ1) is 8.71. The summed E-state index contributed by atoms with van der Waals surface area (Å²) in [4.78, 5) is 13.4. The largest absolute Gasteiger partial charge is 0.395 e. The van der Waals surface area contributed by atoms with Crippen molar-refractivity contribution in [2.75, 3.05) is 25.0 Å². The van der Waals surface area contributed by atoms with Gasteiger partial charge in [-0.3, -0.25) is 4.68 Å². The van der Waals surface area contributed by atoms with E-state index in [1.54, 1.807) is 23.2 Å². The van der Waals surface area contributed by atoms with E-state index in [4.69, 9.17) is 5.11 Å². The summed E-state index contributed by atoms with van der Waals surface area (Å²) in [6.07, 6.45) is 6.00. The van der Waals surface area contributed by atoms with Gasteiger partial charge in [0.25, 0.3) is 0 Å². The van der Waals surface area contributed by atoms with Crippen molar-refractivity contribution in [1.82, 2.24) is 14.7 Å². The molecule has 2 N–H and O–H groups in total. The SMILES string of the molecule is C=CCN(CCO)C(=O)Nc1cnn(CCC)c1. The van der Waals surface area contributed by atoms with Crippen molar-refractivity contribution in [3.8, 4) is 0 Å². The smallest absolute Gasteiger partial charge is 0.322 e. The van der Waals surface area contributed by atoms with E-state index >= 15 is 0 Å². The molecule has 6 nitrogen and oxygen atoms in total. The number of urea groups is 1. The van der Waals surface area contributed by atoms with Gasteiger partial charge in [0.2, 0.25) is 0 Å². The molecule has 0 saturated carbocycles. The van der Waals surface area contributed by atoms with Gasteiger partial charge in [-0.2, -0.15) is 5.10 Å². The van der Waals surface area contributed by atoms with Crippen LogP contribution in [0.5, 0.6) is 0 Å². The minimum atomic E-state index is -0.264. The van der Waals surface area contributed by atoms with E-state index < -0.39 is 0 Å². The van der Waals surface area contributed by atoms with Crippen molar-refractivity contribution >= 4 is 11.7 Å². The summed E-state index contributed by atoms with van der Waals surface area (Å²) in [5, 5.41) is 15.7. The first-order valence-electron chi connectivity index (χ1n) is 6.01. The quantitative estimate of drug-likeness (QED) is 0.719. The number of anilines is 1. The summed E-state index contributed by atoms with van der Waals surface area (Å²) >= 11 is 0. The van der Waals surface area contributed by atoms with E-state index in [2.05, 4.69) is 23.9 Å². The van der Waals surface area contributed by atoms with Gasteiger partial charge in [0.05, 0.1) is 18.5 Å². The third-order valence-electron chi connectivity index (χ3n) is 2.34. The van der Waals surface area contributed by atoms with Gasteiger partial charge in [-0.05, 0) is 6.42 Å². The zero-order valence-electron chi connectivity index (χ0n) is 10.7. The van der Waals surface area contributed by atoms with Gasteiger partial charge in [0.15, 0.2) is 0 Å². The maximum atomic E-state index is 11.9. The zero-order chi connectivity index (χ0) is 13.4. The Kier molecular flexibility index (Phi) is 5.93. The molecule has 1 heterocycles. The third kappa shape index (κ3) is 4.21. The molecule has 0 radical (unpaired) electrons. The molecule has 1 aromatic rings. The molecular weight excluding hydrogens is 232 g/mol. The highest BCUT2D eigenvalue weighted by Crippen LogP contribution is 2.06. The maximum Gasteiger partial charge on any atom is 0.322 e. The number of nitrogens with zero attached hydrogens (tertiary/aromatic N) is 3. The number of aryl methyl sites for hydroxylation is 1. The van der Waals surface area contributed by atoms with Gasteiger partial charge < -0.3 is 15.3 Å². The van der Waals surface area contributed by atoms with E-state index in [-0.39, 0.29) is 19.2 Å². The lowest BCUT2D eigenvalue weighted by Crippen LogP contribution is -2.37. The van der Waals surface area contributed by atoms with Gasteiger partial charge in [0, 0.05) is 25.8 Å². The maximum absolute atomic E-state index is 11.9. The number of aromatic nitrogens is 2. The second-order valence-corrected chi connectivity index (χ2v) is 3.88. The van der Waals surface area contributed by atoms with Crippen LogP contribution in [-0.4, -0.2) is 45.5 Å². The molecule has 1 rings (SSSR count). The molecule has 0 atom stereocenters. The monoisotopic (exact) mass is 252 g/mol. The molecule has 6 heteroatoms. The van der Waals surface area contributed by atoms with E-state index in [0.29, 0.717) is 12.2 Å². The van der Waals surface area contributed by atoms with Crippen LogP contribution >= 0.6 is 0 Å². The second-order valence-electron chi connectivity index (χ2n) is 3.88. The number of rotatable bonds is 7. The van der Waals surface area contributed by atoms with Gasteiger partial charge in [-0.15, -0.1) is 6.58 Å². The van der Waals surface area contributed by atoms with Crippen molar-refractivity contribution in [1.29, 1.82) is 0 Å². The standard InChI is InChI=1S/C12H20N4O2/c1-3-5-15(7-8-17)12(18)14-11-9-13-16(10-11)6-4-2/h3,9-10,17H,1,4-8H2,2H3,(H,14,18). The molecule has 0 aliphatic rings. The van der Waals surface area contributed by atoms with Crippen LogP contribution in [0, 0.1) is 0 Å². The van der Waals surface area contributed by atoms with E-state index in [1.165, 1.54) is 4.90 Å². The average molecular weight is 252 g/mol. The van der Waals surface area contributed by atoms with Crippen molar-refractivity contribution in [3.63, 3.8) is 0 Å². The number of aliphatic hydroxyl groups is 1. The summed E-state index contributed by atoms with van der Waals surface area (Å²) < 4.78 is 1.78. The van der Waals surface area contributed by atoms with Crippen LogP contribution in [0.2, 0.25) is 0 Å². The Balaban J connectivity index is 2.57. The molecule has 0 aliphatic heterocycles. The van der Waals surface area contributed by atoms with Gasteiger partial charge in [0.1, 0.15) is 0 Å². The molecule has 2 amide bonds. The molecule has 0 saturated heterocycles. The zero-order valence-corrected chi connectivity index (χ0v) is 10.7. The molecular formula is C12H20N4O2. The van der Waals surface area contributed by atoms with Crippen LogP contribution in [0.15, 0.2) is 25.0 Å². The van der Waals surface area contributed by atoms with Crippen LogP contribution in [0.25, 0.3) is 0 Å². The molecule has 100 valence electrons. The normalized spacial score (nSPS) is 10.1. The second kappa shape index (κ2) is 7.50. The predicted octanol–water partition coefficient (Wildman–Crippen LogP) is 1.31. The van der Waals surface area contributed by atoms with Crippen molar-refractivity contribution in [2.45, 2.75) is 19.9 Å². The highest BCUT2D eigenvalue weighted by molar-refractivity contribution is 5.89. The highest BCUT2D eigenvalue weighted by atomic mass is 16.3. The van der Waals surface area contributed by atoms with Crippen LogP contribution in [-0.2, 0) is 6.54 Å². The summed E-state index contributed by atoms with van der Waals surface area (Å²) in [5.41, 5.74) is 0.653. The Hall–Kier alpha value is -1.82. The Morgan fingerprint density at radius 3 is 3.11 bits per heavy atom. The molecule has 0 spiro atoms. The van der Waals surface area contributed by atoms with Crippen LogP contribution in [0.1, 0.15) is 13.3 Å². The van der Waals surface area contributed by atoms with Crippen molar-refractivity contribution in [2.24, 2.45) is 0 Å². The third-order valence-corrected chi connectivity index (χ3v) is 2.34. The number of carbonyl (C=O) groups excluding carboxylic acids is 1. The molecule has 0 aromatic carbocycles. The summed E-state index contributed by atoms with van der Waals surface area (Å²) in [6, 6.07) is -0.264. The fourth-order valence-electron chi connectivity index (χ4n) is 1.53. The van der Waals surface area contributed by atoms with Crippen LogP contribution in [0.4, 0.5) is 10.5 Å². The minimum Gasteiger partial charge on any atom is -0.395 e. The number of hydrogen-bond donors (Lipinski definition) is 2. The lowest BCUT2D eigenvalue weighted by atomic mass is 10.4. The summed E-state index contributed by atoms with van der Waals surface area (Å²) in [6.45, 7) is 7.07. The number of nitrogens with one attached hydrogen (secondary N) is 1. The molecule has 0 bridgehead atoms. The Labute approximate surface area is 107 Å². The first-order valence-corrected chi connectivity index (χ1v) is 6.01. The van der Waals surface area contributed by atoms with E-state index in [0.717, 1.165) is 13.0 Å². The van der Waals surface area contributed by atoms with Crippen molar-refractivity contribution in [3.05, 3.63) is 25.0 Å². The van der Waals surface area contributed by atoms with Crippen LogP contribution in [0.3, 0.4) is 0 Å². The van der Waals surface area contributed by atoms with E-state index in [9.17, 15) is 4.79 Å².